The molecule has 3 rings (SSSR count). The maximum atomic E-state index is 10.9. The fourth-order valence-corrected chi connectivity index (χ4v) is 4.17. The van der Waals surface area contributed by atoms with Crippen LogP contribution in [0, 0.1) is 20.8 Å². The van der Waals surface area contributed by atoms with Crippen molar-refractivity contribution < 1.29 is 9.53 Å². The largest absolute Gasteiger partial charge is 0.486 e. The highest BCUT2D eigenvalue weighted by Gasteiger charge is 2.38. The minimum Gasteiger partial charge on any atom is -0.486 e. The molecule has 0 spiro atoms. The minimum absolute atomic E-state index is 0.252. The molecule has 1 N–H and O–H groups in total. The molecule has 2 heterocycles. The highest BCUT2D eigenvalue weighted by molar-refractivity contribution is 7.99. The van der Waals surface area contributed by atoms with Crippen molar-refractivity contribution >= 4 is 23.9 Å². The average molecular weight is 342 g/mol. The number of hydrogen-bond acceptors (Lipinski definition) is 4. The van der Waals surface area contributed by atoms with E-state index in [-0.39, 0.29) is 5.60 Å². The zero-order valence-corrected chi connectivity index (χ0v) is 15.3. The predicted octanol–water partition coefficient (Wildman–Crippen LogP) is 4.06. The van der Waals surface area contributed by atoms with Gasteiger partial charge in [0.25, 0.3) is 0 Å². The highest BCUT2D eigenvalue weighted by Crippen LogP contribution is 2.45. The lowest BCUT2D eigenvalue weighted by Crippen LogP contribution is -2.33. The van der Waals surface area contributed by atoms with Gasteiger partial charge in [0.15, 0.2) is 0 Å². The van der Waals surface area contributed by atoms with Gasteiger partial charge >= 0.3 is 0 Å². The lowest BCUT2D eigenvalue weighted by molar-refractivity contribution is -0.105. The van der Waals surface area contributed by atoms with Gasteiger partial charge in [-0.2, -0.15) is 0 Å². The van der Waals surface area contributed by atoms with Crippen molar-refractivity contribution in [3.05, 3.63) is 46.8 Å². The summed E-state index contributed by atoms with van der Waals surface area (Å²) in [6, 6.07) is 4.03. The van der Waals surface area contributed by atoms with Gasteiger partial charge in [0, 0.05) is 40.7 Å². The molecule has 0 aliphatic carbocycles. The van der Waals surface area contributed by atoms with Crippen LogP contribution in [0.15, 0.2) is 29.4 Å². The molecule has 4 nitrogen and oxygen atoms in total. The van der Waals surface area contributed by atoms with Crippen LogP contribution < -0.4 is 10.1 Å². The summed E-state index contributed by atoms with van der Waals surface area (Å²) in [6.45, 7) is 8.30. The monoisotopic (exact) mass is 342 g/mol. The maximum Gasteiger partial charge on any atom is 0.211 e. The summed E-state index contributed by atoms with van der Waals surface area (Å²) < 4.78 is 6.39. The zero-order chi connectivity index (χ0) is 17.3. The quantitative estimate of drug-likeness (QED) is 0.657. The van der Waals surface area contributed by atoms with Crippen LogP contribution in [0.4, 0.5) is 5.69 Å². The SMILES string of the molecule is Cc1c(C)c2c(c(C)c1NC=O)CC(C)(CSc1ccncc1)O2. The van der Waals surface area contributed by atoms with E-state index in [4.69, 9.17) is 4.74 Å². The molecule has 0 bridgehead atoms. The fourth-order valence-electron chi connectivity index (χ4n) is 3.22. The lowest BCUT2D eigenvalue weighted by atomic mass is 9.92. The summed E-state index contributed by atoms with van der Waals surface area (Å²) in [7, 11) is 0. The van der Waals surface area contributed by atoms with E-state index in [0.717, 1.165) is 46.7 Å². The van der Waals surface area contributed by atoms with Crippen LogP contribution in [0.25, 0.3) is 0 Å². The smallest absolute Gasteiger partial charge is 0.211 e. The standard InChI is InChI=1S/C19H22N2O2S/c1-12-13(2)18-16(14(3)17(12)21-11-22)9-19(4,23-18)10-24-15-5-7-20-8-6-15/h5-8,11H,9-10H2,1-4H3,(H,21,22). The summed E-state index contributed by atoms with van der Waals surface area (Å²) in [6.07, 6.45) is 5.21. The Morgan fingerprint density at radius 1 is 1.25 bits per heavy atom. The first kappa shape index (κ1) is 16.8. The number of fused-ring (bicyclic) bond motifs is 1. The first-order valence-electron chi connectivity index (χ1n) is 8.00. The molecule has 1 atom stereocenters. The second-order valence-corrected chi connectivity index (χ2v) is 7.57. The van der Waals surface area contributed by atoms with Crippen molar-refractivity contribution in [2.75, 3.05) is 11.1 Å². The Hall–Kier alpha value is -2.01. The van der Waals surface area contributed by atoms with Gasteiger partial charge in [-0.05, 0) is 56.5 Å². The Morgan fingerprint density at radius 2 is 1.96 bits per heavy atom. The van der Waals surface area contributed by atoms with E-state index in [1.165, 1.54) is 10.5 Å². The molecule has 1 aliphatic heterocycles. The Kier molecular flexibility index (Phi) is 4.54. The molecule has 0 saturated heterocycles. The molecular formula is C19H22N2O2S. The van der Waals surface area contributed by atoms with E-state index in [1.54, 1.807) is 11.8 Å². The maximum absolute atomic E-state index is 10.9. The van der Waals surface area contributed by atoms with Gasteiger partial charge < -0.3 is 10.1 Å². The molecule has 1 unspecified atom stereocenters. The van der Waals surface area contributed by atoms with Gasteiger partial charge in [-0.15, -0.1) is 11.8 Å². The third kappa shape index (κ3) is 3.00. The van der Waals surface area contributed by atoms with Crippen molar-refractivity contribution in [3.63, 3.8) is 0 Å². The molecule has 5 heteroatoms. The number of amides is 1. The van der Waals surface area contributed by atoms with E-state index in [9.17, 15) is 4.79 Å². The number of nitrogens with one attached hydrogen (secondary N) is 1. The molecule has 1 aromatic carbocycles. The Morgan fingerprint density at radius 3 is 2.62 bits per heavy atom. The Bertz CT molecular complexity index is 777. The fraction of sp³-hybridized carbons (Fsp3) is 0.368. The van der Waals surface area contributed by atoms with E-state index in [2.05, 4.69) is 31.1 Å². The highest BCUT2D eigenvalue weighted by atomic mass is 32.2. The van der Waals surface area contributed by atoms with Crippen LogP contribution in [-0.2, 0) is 11.2 Å². The van der Waals surface area contributed by atoms with E-state index in [1.807, 2.05) is 31.5 Å². The van der Waals surface area contributed by atoms with Gasteiger partial charge in [-0.3, -0.25) is 9.78 Å². The van der Waals surface area contributed by atoms with E-state index >= 15 is 0 Å². The van der Waals surface area contributed by atoms with E-state index in [0.29, 0.717) is 0 Å². The molecule has 0 radical (unpaired) electrons. The van der Waals surface area contributed by atoms with Crippen molar-refractivity contribution in [1.29, 1.82) is 0 Å². The number of rotatable bonds is 5. The molecule has 0 saturated carbocycles. The van der Waals surface area contributed by atoms with Gasteiger partial charge in [0.1, 0.15) is 11.4 Å². The molecule has 1 aliphatic rings. The van der Waals surface area contributed by atoms with Crippen LogP contribution in [0.2, 0.25) is 0 Å². The van der Waals surface area contributed by atoms with Crippen LogP contribution in [-0.4, -0.2) is 22.7 Å². The number of thioether (sulfide) groups is 1. The number of pyridine rings is 1. The number of ether oxygens (including phenoxy) is 1. The first-order valence-corrected chi connectivity index (χ1v) is 8.98. The number of benzene rings is 1. The number of carbonyl (C=O) groups excluding carboxylic acids is 1. The van der Waals surface area contributed by atoms with Crippen LogP contribution in [0.3, 0.4) is 0 Å². The molecule has 1 amide bonds. The zero-order valence-electron chi connectivity index (χ0n) is 14.5. The minimum atomic E-state index is -0.252. The van der Waals surface area contributed by atoms with Gasteiger partial charge in [0.05, 0.1) is 0 Å². The summed E-state index contributed by atoms with van der Waals surface area (Å²) in [5.74, 6) is 1.85. The van der Waals surface area contributed by atoms with Crippen molar-refractivity contribution in [1.82, 2.24) is 4.98 Å². The number of carbonyl (C=O) groups is 1. The van der Waals surface area contributed by atoms with E-state index < -0.39 is 0 Å². The van der Waals surface area contributed by atoms with Crippen molar-refractivity contribution in [3.8, 4) is 5.75 Å². The molecule has 126 valence electrons. The van der Waals surface area contributed by atoms with Crippen molar-refractivity contribution in [2.45, 2.75) is 44.6 Å². The number of aromatic nitrogens is 1. The summed E-state index contributed by atoms with van der Waals surface area (Å²) in [4.78, 5) is 16.2. The lowest BCUT2D eigenvalue weighted by Gasteiger charge is -2.24. The second kappa shape index (κ2) is 6.48. The number of hydrogen-bond donors (Lipinski definition) is 1. The number of nitrogens with zero attached hydrogens (tertiary/aromatic N) is 1. The summed E-state index contributed by atoms with van der Waals surface area (Å²) in [5.41, 5.74) is 5.16. The first-order chi connectivity index (χ1) is 11.4. The van der Waals surface area contributed by atoms with Gasteiger partial charge in [0.2, 0.25) is 6.41 Å². The molecular weight excluding hydrogens is 320 g/mol. The van der Waals surface area contributed by atoms with Crippen LogP contribution in [0.5, 0.6) is 5.75 Å². The molecule has 24 heavy (non-hydrogen) atoms. The van der Waals surface area contributed by atoms with Crippen LogP contribution in [0.1, 0.15) is 29.2 Å². The normalized spacial score (nSPS) is 18.8. The molecule has 2 aromatic rings. The number of anilines is 1. The van der Waals surface area contributed by atoms with Gasteiger partial charge in [-0.25, -0.2) is 0 Å². The third-order valence-electron chi connectivity index (χ3n) is 4.68. The van der Waals surface area contributed by atoms with Crippen LogP contribution >= 0.6 is 11.8 Å². The summed E-state index contributed by atoms with van der Waals surface area (Å²) >= 11 is 1.78. The predicted molar refractivity (Wildman–Crippen MR) is 98.0 cm³/mol. The molecule has 0 fully saturated rings. The topological polar surface area (TPSA) is 51.2 Å². The average Bonchev–Trinajstić information content (AvgIpc) is 2.95. The summed E-state index contributed by atoms with van der Waals surface area (Å²) in [5, 5.41) is 2.85. The van der Waals surface area contributed by atoms with Crippen molar-refractivity contribution in [2.24, 2.45) is 0 Å². The Balaban J connectivity index is 1.87. The second-order valence-electron chi connectivity index (χ2n) is 6.52. The third-order valence-corrected chi connectivity index (χ3v) is 6.04. The van der Waals surface area contributed by atoms with Gasteiger partial charge in [-0.1, -0.05) is 0 Å². The molecule has 1 aromatic heterocycles. The Labute approximate surface area is 147 Å².